The molecule has 17 heavy (non-hydrogen) atoms. The zero-order chi connectivity index (χ0) is 12.8. The molecule has 1 amide bonds. The standard InChI is InChI=1S/C9H12N4O3S/c1-15-7-4-8(16-2)13-9(12-7)11-6(14)3-5(10)17/h4H,3H2,1-2H3,(H2,10,17)(H,11,12,13,14). The van der Waals surface area contributed by atoms with E-state index in [1.54, 1.807) is 0 Å². The Labute approximate surface area is 103 Å². The van der Waals surface area contributed by atoms with Gasteiger partial charge in [0.15, 0.2) is 0 Å². The average molecular weight is 256 g/mol. The van der Waals surface area contributed by atoms with E-state index in [9.17, 15) is 4.79 Å². The summed E-state index contributed by atoms with van der Waals surface area (Å²) in [6, 6.07) is 1.49. The molecule has 1 heterocycles. The number of rotatable bonds is 5. The van der Waals surface area contributed by atoms with Gasteiger partial charge in [-0.2, -0.15) is 9.97 Å². The Bertz CT molecular complexity index is 416. The van der Waals surface area contributed by atoms with Crippen LogP contribution in [0.5, 0.6) is 11.8 Å². The Morgan fingerprint density at radius 2 is 1.94 bits per heavy atom. The molecule has 1 aromatic heterocycles. The molecule has 7 nitrogen and oxygen atoms in total. The molecule has 3 N–H and O–H groups in total. The van der Waals surface area contributed by atoms with Gasteiger partial charge >= 0.3 is 0 Å². The Kier molecular flexibility index (Phi) is 4.58. The molecular weight excluding hydrogens is 244 g/mol. The fourth-order valence-corrected chi connectivity index (χ4v) is 1.13. The summed E-state index contributed by atoms with van der Waals surface area (Å²) in [6.45, 7) is 0. The van der Waals surface area contributed by atoms with Gasteiger partial charge in [0.25, 0.3) is 0 Å². The maximum absolute atomic E-state index is 11.4. The molecule has 0 bridgehead atoms. The van der Waals surface area contributed by atoms with Crippen molar-refractivity contribution in [2.24, 2.45) is 5.73 Å². The minimum Gasteiger partial charge on any atom is -0.481 e. The number of aromatic nitrogens is 2. The van der Waals surface area contributed by atoms with Crippen LogP contribution in [0.4, 0.5) is 5.95 Å². The van der Waals surface area contributed by atoms with Gasteiger partial charge in [0.2, 0.25) is 23.6 Å². The van der Waals surface area contributed by atoms with Gasteiger partial charge in [-0.05, 0) is 0 Å². The summed E-state index contributed by atoms with van der Waals surface area (Å²) in [7, 11) is 2.89. The van der Waals surface area contributed by atoms with Crippen molar-refractivity contribution in [3.63, 3.8) is 0 Å². The van der Waals surface area contributed by atoms with E-state index in [1.807, 2.05) is 0 Å². The first-order valence-electron chi connectivity index (χ1n) is 4.60. The molecular formula is C9H12N4O3S. The van der Waals surface area contributed by atoms with E-state index in [0.717, 1.165) is 0 Å². The SMILES string of the molecule is COc1cc(OC)nc(NC(=O)CC(N)=S)n1. The molecule has 1 aromatic rings. The van der Waals surface area contributed by atoms with E-state index >= 15 is 0 Å². The summed E-state index contributed by atoms with van der Waals surface area (Å²) in [4.78, 5) is 19.3. The van der Waals surface area contributed by atoms with Crippen LogP contribution in [0, 0.1) is 0 Å². The zero-order valence-corrected chi connectivity index (χ0v) is 10.2. The second kappa shape index (κ2) is 5.94. The third-order valence-electron chi connectivity index (χ3n) is 1.68. The number of nitrogens with zero attached hydrogens (tertiary/aromatic N) is 2. The molecule has 0 atom stereocenters. The average Bonchev–Trinajstić information content (AvgIpc) is 2.27. The van der Waals surface area contributed by atoms with Crippen LogP contribution >= 0.6 is 12.2 Å². The number of hydrogen-bond donors (Lipinski definition) is 2. The van der Waals surface area contributed by atoms with Crippen LogP contribution in [0.1, 0.15) is 6.42 Å². The number of nitrogens with one attached hydrogen (secondary N) is 1. The molecule has 0 aliphatic carbocycles. The Hall–Kier alpha value is -1.96. The maximum atomic E-state index is 11.4. The highest BCUT2D eigenvalue weighted by Gasteiger charge is 2.09. The molecule has 0 spiro atoms. The van der Waals surface area contributed by atoms with Crippen LogP contribution in [0.15, 0.2) is 6.07 Å². The molecule has 0 aliphatic heterocycles. The number of nitrogens with two attached hydrogens (primary N) is 1. The first kappa shape index (κ1) is 13.1. The van der Waals surface area contributed by atoms with Crippen molar-refractivity contribution in [1.29, 1.82) is 0 Å². The predicted molar refractivity (Wildman–Crippen MR) is 65.2 cm³/mol. The second-order valence-electron chi connectivity index (χ2n) is 2.97. The van der Waals surface area contributed by atoms with Crippen molar-refractivity contribution in [2.45, 2.75) is 6.42 Å². The minimum atomic E-state index is -0.396. The van der Waals surface area contributed by atoms with Gasteiger partial charge in [0.05, 0.1) is 31.7 Å². The minimum absolute atomic E-state index is 0.0712. The highest BCUT2D eigenvalue weighted by Crippen LogP contribution is 2.17. The van der Waals surface area contributed by atoms with E-state index in [2.05, 4.69) is 27.5 Å². The van der Waals surface area contributed by atoms with Gasteiger partial charge in [-0.15, -0.1) is 0 Å². The van der Waals surface area contributed by atoms with E-state index in [-0.39, 0.29) is 29.1 Å². The summed E-state index contributed by atoms with van der Waals surface area (Å²) in [5, 5.41) is 2.43. The smallest absolute Gasteiger partial charge is 0.236 e. The van der Waals surface area contributed by atoms with Crippen molar-refractivity contribution >= 4 is 29.1 Å². The lowest BCUT2D eigenvalue weighted by atomic mass is 10.4. The summed E-state index contributed by atoms with van der Waals surface area (Å²) in [5.41, 5.74) is 5.24. The van der Waals surface area contributed by atoms with E-state index in [4.69, 9.17) is 15.2 Å². The normalized spacial score (nSPS) is 9.53. The number of ether oxygens (including phenoxy) is 2. The Morgan fingerprint density at radius 1 is 1.41 bits per heavy atom. The largest absolute Gasteiger partial charge is 0.481 e. The molecule has 0 unspecified atom stereocenters. The summed E-state index contributed by atoms with van der Waals surface area (Å²) >= 11 is 4.61. The van der Waals surface area contributed by atoms with Gasteiger partial charge in [-0.3, -0.25) is 10.1 Å². The van der Waals surface area contributed by atoms with Crippen LogP contribution in [0.2, 0.25) is 0 Å². The number of carbonyl (C=O) groups is 1. The predicted octanol–water partition coefficient (Wildman–Crippen LogP) is 0.109. The molecule has 0 aliphatic rings. The lowest BCUT2D eigenvalue weighted by Crippen LogP contribution is -2.21. The molecule has 92 valence electrons. The maximum Gasteiger partial charge on any atom is 0.236 e. The van der Waals surface area contributed by atoms with Gasteiger partial charge in [0.1, 0.15) is 0 Å². The highest BCUT2D eigenvalue weighted by molar-refractivity contribution is 7.80. The van der Waals surface area contributed by atoms with Crippen LogP contribution in [0.3, 0.4) is 0 Å². The quantitative estimate of drug-likeness (QED) is 0.721. The molecule has 0 aromatic carbocycles. The number of anilines is 1. The van der Waals surface area contributed by atoms with Crippen LogP contribution in [-0.2, 0) is 4.79 Å². The number of thiocarbonyl (C=S) groups is 1. The summed E-state index contributed by atoms with van der Waals surface area (Å²) in [5.74, 6) is 0.236. The summed E-state index contributed by atoms with van der Waals surface area (Å²) in [6.07, 6.45) is -0.0712. The Balaban J connectivity index is 2.82. The first-order chi connectivity index (χ1) is 8.05. The van der Waals surface area contributed by atoms with Gasteiger partial charge in [0, 0.05) is 0 Å². The molecule has 1 rings (SSSR count). The molecule has 0 fully saturated rings. The van der Waals surface area contributed by atoms with Crippen molar-refractivity contribution < 1.29 is 14.3 Å². The fourth-order valence-electron chi connectivity index (χ4n) is 0.996. The Morgan fingerprint density at radius 3 is 2.35 bits per heavy atom. The fraction of sp³-hybridized carbons (Fsp3) is 0.333. The molecule has 8 heteroatoms. The van der Waals surface area contributed by atoms with Gasteiger partial charge in [-0.1, -0.05) is 12.2 Å². The molecule has 0 radical (unpaired) electrons. The van der Waals surface area contributed by atoms with E-state index in [0.29, 0.717) is 0 Å². The third kappa shape index (κ3) is 4.19. The monoisotopic (exact) mass is 256 g/mol. The van der Waals surface area contributed by atoms with E-state index in [1.165, 1.54) is 20.3 Å². The number of methoxy groups -OCH3 is 2. The number of amides is 1. The lowest BCUT2D eigenvalue weighted by molar-refractivity contribution is -0.115. The first-order valence-corrected chi connectivity index (χ1v) is 5.01. The summed E-state index contributed by atoms with van der Waals surface area (Å²) < 4.78 is 9.85. The lowest BCUT2D eigenvalue weighted by Gasteiger charge is -2.07. The van der Waals surface area contributed by atoms with Crippen LogP contribution < -0.4 is 20.5 Å². The number of hydrogen-bond acceptors (Lipinski definition) is 6. The van der Waals surface area contributed by atoms with Gasteiger partial charge < -0.3 is 15.2 Å². The third-order valence-corrected chi connectivity index (χ3v) is 1.83. The van der Waals surface area contributed by atoms with Crippen molar-refractivity contribution in [2.75, 3.05) is 19.5 Å². The van der Waals surface area contributed by atoms with E-state index < -0.39 is 5.91 Å². The van der Waals surface area contributed by atoms with Crippen molar-refractivity contribution in [3.05, 3.63) is 6.07 Å². The van der Waals surface area contributed by atoms with Crippen LogP contribution in [0.25, 0.3) is 0 Å². The van der Waals surface area contributed by atoms with Crippen molar-refractivity contribution in [3.8, 4) is 11.8 Å². The second-order valence-corrected chi connectivity index (χ2v) is 3.49. The highest BCUT2D eigenvalue weighted by atomic mass is 32.1. The van der Waals surface area contributed by atoms with Crippen LogP contribution in [-0.4, -0.2) is 35.1 Å². The zero-order valence-electron chi connectivity index (χ0n) is 9.39. The van der Waals surface area contributed by atoms with Gasteiger partial charge in [-0.25, -0.2) is 0 Å². The topological polar surface area (TPSA) is 99.4 Å². The molecule has 0 saturated carbocycles. The number of carbonyl (C=O) groups excluding carboxylic acids is 1. The molecule has 0 saturated heterocycles. The van der Waals surface area contributed by atoms with Crippen molar-refractivity contribution in [1.82, 2.24) is 9.97 Å².